The van der Waals surface area contributed by atoms with Crippen LogP contribution in [0.2, 0.25) is 0 Å². The molecule has 25 heavy (non-hydrogen) atoms. The van der Waals surface area contributed by atoms with Crippen LogP contribution in [0.15, 0.2) is 54.6 Å². The van der Waals surface area contributed by atoms with Crippen molar-refractivity contribution in [2.45, 2.75) is 19.1 Å². The number of para-hydroxylation sites is 2. The van der Waals surface area contributed by atoms with Gasteiger partial charge in [0.2, 0.25) is 10.0 Å². The molecule has 132 valence electrons. The zero-order chi connectivity index (χ0) is 17.9. The maximum absolute atomic E-state index is 12.5. The van der Waals surface area contributed by atoms with Crippen LogP contribution in [0.25, 0.3) is 0 Å². The zero-order valence-corrected chi connectivity index (χ0v) is 14.7. The largest absolute Gasteiger partial charge is 0.478 e. The molecule has 0 bridgehead atoms. The SMILES string of the molecule is CS(=O)(=O)N1CCC(C(=O)NCc2ccccc2)Oc2ccccc21. The van der Waals surface area contributed by atoms with Crippen molar-refractivity contribution in [3.63, 3.8) is 0 Å². The van der Waals surface area contributed by atoms with E-state index in [2.05, 4.69) is 5.32 Å². The molecule has 2 aromatic rings. The number of ether oxygens (including phenoxy) is 1. The molecule has 0 saturated carbocycles. The summed E-state index contributed by atoms with van der Waals surface area (Å²) >= 11 is 0. The van der Waals surface area contributed by atoms with E-state index in [1.807, 2.05) is 30.3 Å². The van der Waals surface area contributed by atoms with Gasteiger partial charge in [-0.3, -0.25) is 9.10 Å². The van der Waals surface area contributed by atoms with Crippen LogP contribution in [0.5, 0.6) is 5.75 Å². The van der Waals surface area contributed by atoms with E-state index < -0.39 is 16.1 Å². The van der Waals surface area contributed by atoms with Crippen LogP contribution in [0, 0.1) is 0 Å². The Morgan fingerprint density at radius 1 is 1.16 bits per heavy atom. The van der Waals surface area contributed by atoms with E-state index in [0.29, 0.717) is 18.0 Å². The van der Waals surface area contributed by atoms with Crippen molar-refractivity contribution in [1.82, 2.24) is 5.32 Å². The van der Waals surface area contributed by atoms with Gasteiger partial charge in [0.25, 0.3) is 5.91 Å². The first kappa shape index (κ1) is 17.3. The molecular weight excluding hydrogens is 340 g/mol. The quantitative estimate of drug-likeness (QED) is 0.904. The van der Waals surface area contributed by atoms with Gasteiger partial charge in [0.15, 0.2) is 6.10 Å². The van der Waals surface area contributed by atoms with E-state index >= 15 is 0 Å². The van der Waals surface area contributed by atoms with Crippen LogP contribution in [0.4, 0.5) is 5.69 Å². The molecule has 0 saturated heterocycles. The molecule has 0 aliphatic carbocycles. The average molecular weight is 360 g/mol. The fraction of sp³-hybridized carbons (Fsp3) is 0.278. The van der Waals surface area contributed by atoms with Crippen molar-refractivity contribution in [1.29, 1.82) is 0 Å². The number of nitrogens with one attached hydrogen (secondary N) is 1. The number of sulfonamides is 1. The molecule has 7 heteroatoms. The molecule has 1 N–H and O–H groups in total. The molecule has 1 atom stereocenters. The van der Waals surface area contributed by atoms with Crippen molar-refractivity contribution in [3.8, 4) is 5.75 Å². The van der Waals surface area contributed by atoms with E-state index in [1.165, 1.54) is 4.31 Å². The van der Waals surface area contributed by atoms with Crippen LogP contribution in [-0.4, -0.2) is 33.2 Å². The summed E-state index contributed by atoms with van der Waals surface area (Å²) in [5, 5.41) is 2.85. The topological polar surface area (TPSA) is 75.7 Å². The van der Waals surface area contributed by atoms with E-state index in [-0.39, 0.29) is 18.9 Å². The van der Waals surface area contributed by atoms with Crippen LogP contribution in [0.1, 0.15) is 12.0 Å². The summed E-state index contributed by atoms with van der Waals surface area (Å²) in [6.07, 6.45) is 0.693. The number of amides is 1. The molecule has 0 radical (unpaired) electrons. The van der Waals surface area contributed by atoms with Crippen molar-refractivity contribution >= 4 is 21.6 Å². The Morgan fingerprint density at radius 2 is 1.84 bits per heavy atom. The summed E-state index contributed by atoms with van der Waals surface area (Å²) in [6.45, 7) is 0.593. The molecule has 3 rings (SSSR count). The highest BCUT2D eigenvalue weighted by Gasteiger charge is 2.30. The average Bonchev–Trinajstić information content (AvgIpc) is 2.80. The van der Waals surface area contributed by atoms with Gasteiger partial charge < -0.3 is 10.1 Å². The van der Waals surface area contributed by atoms with Gasteiger partial charge in [0.1, 0.15) is 5.75 Å². The maximum Gasteiger partial charge on any atom is 0.261 e. The van der Waals surface area contributed by atoms with Gasteiger partial charge in [0, 0.05) is 19.5 Å². The smallest absolute Gasteiger partial charge is 0.261 e. The highest BCUT2D eigenvalue weighted by atomic mass is 32.2. The number of nitrogens with zero attached hydrogens (tertiary/aromatic N) is 1. The Kier molecular flexibility index (Phi) is 4.94. The third kappa shape index (κ3) is 4.11. The second-order valence-corrected chi connectivity index (χ2v) is 7.81. The summed E-state index contributed by atoms with van der Waals surface area (Å²) in [6, 6.07) is 16.4. The van der Waals surface area contributed by atoms with Crippen molar-refractivity contribution < 1.29 is 17.9 Å². The number of anilines is 1. The molecule has 1 aliphatic heterocycles. The highest BCUT2D eigenvalue weighted by molar-refractivity contribution is 7.92. The first-order valence-electron chi connectivity index (χ1n) is 8.00. The van der Waals surface area contributed by atoms with Crippen LogP contribution in [-0.2, 0) is 21.4 Å². The summed E-state index contributed by atoms with van der Waals surface area (Å²) < 4.78 is 31.2. The molecule has 2 aromatic carbocycles. The van der Waals surface area contributed by atoms with Gasteiger partial charge in [-0.1, -0.05) is 42.5 Å². The van der Waals surface area contributed by atoms with Crippen molar-refractivity contribution in [2.24, 2.45) is 0 Å². The van der Waals surface area contributed by atoms with E-state index in [9.17, 15) is 13.2 Å². The number of rotatable bonds is 4. The first-order valence-corrected chi connectivity index (χ1v) is 9.85. The Morgan fingerprint density at radius 3 is 2.56 bits per heavy atom. The van der Waals surface area contributed by atoms with Crippen LogP contribution >= 0.6 is 0 Å². The summed E-state index contributed by atoms with van der Waals surface area (Å²) in [5.74, 6) is 0.138. The van der Waals surface area contributed by atoms with Gasteiger partial charge in [-0.2, -0.15) is 0 Å². The first-order chi connectivity index (χ1) is 11.9. The summed E-state index contributed by atoms with van der Waals surface area (Å²) in [5.41, 5.74) is 1.45. The monoisotopic (exact) mass is 360 g/mol. The number of hydrogen-bond acceptors (Lipinski definition) is 4. The number of carbonyl (C=O) groups is 1. The molecule has 0 spiro atoms. The third-order valence-corrected chi connectivity index (χ3v) is 5.18. The minimum Gasteiger partial charge on any atom is -0.478 e. The van der Waals surface area contributed by atoms with Gasteiger partial charge in [0.05, 0.1) is 11.9 Å². The Labute approximate surface area is 147 Å². The minimum atomic E-state index is -3.45. The number of hydrogen-bond donors (Lipinski definition) is 1. The summed E-state index contributed by atoms with van der Waals surface area (Å²) in [7, 11) is -3.45. The predicted octanol–water partition coefficient (Wildman–Crippen LogP) is 1.92. The predicted molar refractivity (Wildman–Crippen MR) is 96.0 cm³/mol. The normalized spacial score (nSPS) is 17.2. The number of carbonyl (C=O) groups excluding carboxylic acids is 1. The molecule has 0 aromatic heterocycles. The lowest BCUT2D eigenvalue weighted by Crippen LogP contribution is -2.39. The van der Waals surface area contributed by atoms with Gasteiger partial charge in [-0.05, 0) is 17.7 Å². The van der Waals surface area contributed by atoms with Crippen molar-refractivity contribution in [3.05, 3.63) is 60.2 Å². The molecule has 6 nitrogen and oxygen atoms in total. The number of benzene rings is 2. The Hall–Kier alpha value is -2.54. The Balaban J connectivity index is 1.76. The standard InChI is InChI=1S/C18H20N2O4S/c1-25(22,23)20-12-11-17(24-16-10-6-5-9-15(16)20)18(21)19-13-14-7-3-2-4-8-14/h2-10,17H,11-13H2,1H3,(H,19,21). The fourth-order valence-corrected chi connectivity index (χ4v) is 3.70. The Bertz CT molecular complexity index is 852. The second kappa shape index (κ2) is 7.14. The lowest BCUT2D eigenvalue weighted by atomic mass is 10.2. The van der Waals surface area contributed by atoms with Crippen LogP contribution < -0.4 is 14.4 Å². The minimum absolute atomic E-state index is 0.194. The molecule has 1 heterocycles. The molecule has 1 unspecified atom stereocenters. The zero-order valence-electron chi connectivity index (χ0n) is 13.9. The lowest BCUT2D eigenvalue weighted by Gasteiger charge is -2.20. The molecule has 1 amide bonds. The molecule has 1 aliphatic rings. The van der Waals surface area contributed by atoms with Crippen LogP contribution in [0.3, 0.4) is 0 Å². The lowest BCUT2D eigenvalue weighted by molar-refractivity contribution is -0.128. The maximum atomic E-state index is 12.5. The molecular formula is C18H20N2O4S. The van der Waals surface area contributed by atoms with Gasteiger partial charge in [-0.15, -0.1) is 0 Å². The fourth-order valence-electron chi connectivity index (χ4n) is 2.76. The van der Waals surface area contributed by atoms with Gasteiger partial charge in [-0.25, -0.2) is 8.42 Å². The third-order valence-electron chi connectivity index (χ3n) is 4.00. The highest BCUT2D eigenvalue weighted by Crippen LogP contribution is 2.33. The van der Waals surface area contributed by atoms with Gasteiger partial charge >= 0.3 is 0 Å². The number of fused-ring (bicyclic) bond motifs is 1. The van der Waals surface area contributed by atoms with Crippen molar-refractivity contribution in [2.75, 3.05) is 17.1 Å². The van der Waals surface area contributed by atoms with E-state index in [0.717, 1.165) is 11.8 Å². The summed E-state index contributed by atoms with van der Waals surface area (Å²) in [4.78, 5) is 12.5. The second-order valence-electron chi connectivity index (χ2n) is 5.90. The molecule has 0 fully saturated rings. The van der Waals surface area contributed by atoms with E-state index in [1.54, 1.807) is 24.3 Å². The van der Waals surface area contributed by atoms with E-state index in [4.69, 9.17) is 4.74 Å².